The van der Waals surface area contributed by atoms with Crippen LogP contribution in [0.4, 0.5) is 5.69 Å². The molecular weight excluding hydrogens is 396 g/mol. The van der Waals surface area contributed by atoms with E-state index in [0.717, 1.165) is 5.56 Å². The van der Waals surface area contributed by atoms with Crippen molar-refractivity contribution in [3.05, 3.63) is 88.4 Å². The summed E-state index contributed by atoms with van der Waals surface area (Å²) >= 11 is 6.35. The van der Waals surface area contributed by atoms with Gasteiger partial charge >= 0.3 is 0 Å². The quantitative estimate of drug-likeness (QED) is 0.629. The van der Waals surface area contributed by atoms with Crippen molar-refractivity contribution in [3.63, 3.8) is 0 Å². The number of nitrogens with one attached hydrogen (secondary N) is 1. The molecule has 0 unspecified atom stereocenters. The van der Waals surface area contributed by atoms with Gasteiger partial charge < -0.3 is 5.11 Å². The monoisotopic (exact) mass is 412 g/mol. The Labute approximate surface area is 168 Å². The predicted molar refractivity (Wildman–Crippen MR) is 109 cm³/mol. The Morgan fingerprint density at radius 3 is 2.43 bits per heavy atom. The number of phenols is 1. The zero-order chi connectivity index (χ0) is 20.3. The van der Waals surface area contributed by atoms with E-state index in [-0.39, 0.29) is 21.4 Å². The molecule has 1 atom stereocenters. The zero-order valence-corrected chi connectivity index (χ0v) is 16.5. The Kier molecular flexibility index (Phi) is 5.59. The smallest absolute Gasteiger partial charge is 0.265 e. The van der Waals surface area contributed by atoms with E-state index in [1.165, 1.54) is 18.2 Å². The third-order valence-corrected chi connectivity index (χ3v) is 5.97. The Morgan fingerprint density at radius 1 is 1.07 bits per heavy atom. The maximum atomic E-state index is 12.6. The highest BCUT2D eigenvalue weighted by Gasteiger charge is 2.21. The molecule has 0 aromatic heterocycles. The molecule has 0 radical (unpaired) electrons. The Balaban J connectivity index is 1.93. The fraction of sp³-hybridized carbons (Fsp3) is 0.0952. The van der Waals surface area contributed by atoms with Crippen LogP contribution in [-0.2, 0) is 10.0 Å². The lowest BCUT2D eigenvalue weighted by Gasteiger charge is -2.14. The van der Waals surface area contributed by atoms with Crippen molar-refractivity contribution < 1.29 is 13.5 Å². The molecule has 2 N–H and O–H groups in total. The number of aryl methyl sites for hydroxylation is 1. The molecule has 0 bridgehead atoms. The van der Waals surface area contributed by atoms with Crippen molar-refractivity contribution in [3.8, 4) is 11.8 Å². The van der Waals surface area contributed by atoms with E-state index in [9.17, 15) is 18.8 Å². The second kappa shape index (κ2) is 7.93. The fourth-order valence-electron chi connectivity index (χ4n) is 2.84. The minimum Gasteiger partial charge on any atom is -0.507 e. The van der Waals surface area contributed by atoms with Gasteiger partial charge in [0, 0.05) is 5.02 Å². The molecule has 7 heteroatoms. The molecule has 142 valence electrons. The number of halogens is 1. The molecule has 0 heterocycles. The molecule has 28 heavy (non-hydrogen) atoms. The van der Waals surface area contributed by atoms with Gasteiger partial charge in [0.25, 0.3) is 10.0 Å². The summed E-state index contributed by atoms with van der Waals surface area (Å²) in [5.74, 6) is -0.908. The van der Waals surface area contributed by atoms with Crippen LogP contribution in [0.15, 0.2) is 71.6 Å². The first-order valence-electron chi connectivity index (χ1n) is 8.38. The number of nitriles is 1. The van der Waals surface area contributed by atoms with Crippen molar-refractivity contribution in [2.75, 3.05) is 4.72 Å². The number of nitrogens with zero attached hydrogens (tertiary/aromatic N) is 1. The maximum absolute atomic E-state index is 12.6. The molecule has 0 saturated carbocycles. The van der Waals surface area contributed by atoms with E-state index in [1.807, 2.05) is 30.3 Å². The summed E-state index contributed by atoms with van der Waals surface area (Å²) in [5.41, 5.74) is 2.31. The molecule has 0 spiro atoms. The van der Waals surface area contributed by atoms with Gasteiger partial charge in [0.05, 0.1) is 17.7 Å². The molecule has 0 aliphatic carbocycles. The first-order chi connectivity index (χ1) is 13.3. The Bertz CT molecular complexity index is 1160. The number of anilines is 1. The first kappa shape index (κ1) is 19.7. The highest BCUT2D eigenvalue weighted by molar-refractivity contribution is 7.92. The molecule has 5 nitrogen and oxygen atoms in total. The molecule has 3 rings (SSSR count). The van der Waals surface area contributed by atoms with Gasteiger partial charge in [-0.3, -0.25) is 4.72 Å². The zero-order valence-electron chi connectivity index (χ0n) is 14.9. The Hall–Kier alpha value is -3.01. The molecule has 0 aliphatic heterocycles. The van der Waals surface area contributed by atoms with Crippen LogP contribution in [-0.4, -0.2) is 13.5 Å². The van der Waals surface area contributed by atoms with Gasteiger partial charge in [0.2, 0.25) is 0 Å². The van der Waals surface area contributed by atoms with E-state index in [4.69, 9.17) is 11.6 Å². The summed E-state index contributed by atoms with van der Waals surface area (Å²) in [4.78, 5) is -0.216. The van der Waals surface area contributed by atoms with Crippen molar-refractivity contribution in [1.29, 1.82) is 5.26 Å². The lowest BCUT2D eigenvalue weighted by Crippen LogP contribution is -2.13. The lowest BCUT2D eigenvalue weighted by molar-refractivity contribution is 0.459. The number of rotatable bonds is 5. The van der Waals surface area contributed by atoms with E-state index < -0.39 is 15.9 Å². The van der Waals surface area contributed by atoms with Crippen molar-refractivity contribution >= 4 is 27.3 Å². The van der Waals surface area contributed by atoms with Gasteiger partial charge in [-0.05, 0) is 47.9 Å². The first-order valence-corrected chi connectivity index (χ1v) is 10.2. The topological polar surface area (TPSA) is 90.2 Å². The molecule has 3 aromatic carbocycles. The standard InChI is InChI=1S/C21H17ClN2O3S/c1-14-7-10-20(25)21(11-14)28(26,27)24-16-8-9-17(19(22)12-16)18(13-23)15-5-3-2-4-6-15/h2-12,18,24-25H,1H3/t18-/m0/s1. The molecule has 0 saturated heterocycles. The van der Waals surface area contributed by atoms with Crippen LogP contribution < -0.4 is 4.72 Å². The van der Waals surface area contributed by atoms with Crippen LogP contribution in [0, 0.1) is 18.3 Å². The second-order valence-electron chi connectivity index (χ2n) is 6.29. The van der Waals surface area contributed by atoms with Gasteiger partial charge in [-0.2, -0.15) is 5.26 Å². The highest BCUT2D eigenvalue weighted by Crippen LogP contribution is 2.33. The summed E-state index contributed by atoms with van der Waals surface area (Å²) in [6, 6.07) is 20.4. The predicted octanol–water partition coefficient (Wildman–Crippen LogP) is 4.81. The van der Waals surface area contributed by atoms with Crippen LogP contribution in [0.2, 0.25) is 5.02 Å². The lowest BCUT2D eigenvalue weighted by atomic mass is 9.92. The van der Waals surface area contributed by atoms with Crippen LogP contribution in [0.1, 0.15) is 22.6 Å². The van der Waals surface area contributed by atoms with Crippen LogP contribution in [0.25, 0.3) is 0 Å². The molecular formula is C21H17ClN2O3S. The van der Waals surface area contributed by atoms with E-state index in [0.29, 0.717) is 11.1 Å². The summed E-state index contributed by atoms with van der Waals surface area (Å²) in [6.45, 7) is 1.73. The number of sulfonamides is 1. The third kappa shape index (κ3) is 4.11. The van der Waals surface area contributed by atoms with E-state index in [1.54, 1.807) is 25.1 Å². The van der Waals surface area contributed by atoms with Gasteiger partial charge in [0.1, 0.15) is 10.6 Å². The summed E-state index contributed by atoms with van der Waals surface area (Å²) in [7, 11) is -4.00. The number of phenolic OH excluding ortho intramolecular Hbond substituents is 1. The number of hydrogen-bond acceptors (Lipinski definition) is 4. The number of benzene rings is 3. The summed E-state index contributed by atoms with van der Waals surface area (Å²) in [6.07, 6.45) is 0. The van der Waals surface area contributed by atoms with Gasteiger partial charge in [0.15, 0.2) is 0 Å². The summed E-state index contributed by atoms with van der Waals surface area (Å²) in [5, 5.41) is 19.7. The minimum atomic E-state index is -4.00. The molecule has 3 aromatic rings. The number of hydrogen-bond donors (Lipinski definition) is 2. The second-order valence-corrected chi connectivity index (χ2v) is 8.34. The minimum absolute atomic E-state index is 0.216. The van der Waals surface area contributed by atoms with Crippen molar-refractivity contribution in [2.24, 2.45) is 0 Å². The SMILES string of the molecule is Cc1ccc(O)c(S(=O)(=O)Nc2ccc([C@@H](C#N)c3ccccc3)c(Cl)c2)c1. The maximum Gasteiger partial charge on any atom is 0.265 e. The van der Waals surface area contributed by atoms with Gasteiger partial charge in [-0.15, -0.1) is 0 Å². The number of aromatic hydroxyl groups is 1. The normalized spacial score (nSPS) is 12.2. The van der Waals surface area contributed by atoms with Crippen LogP contribution >= 0.6 is 11.6 Å². The van der Waals surface area contributed by atoms with Gasteiger partial charge in [-0.1, -0.05) is 54.1 Å². The van der Waals surface area contributed by atoms with Crippen molar-refractivity contribution in [2.45, 2.75) is 17.7 Å². The average Bonchev–Trinajstić information content (AvgIpc) is 2.66. The molecule has 0 fully saturated rings. The van der Waals surface area contributed by atoms with Crippen molar-refractivity contribution in [1.82, 2.24) is 0 Å². The Morgan fingerprint density at radius 2 is 1.79 bits per heavy atom. The highest BCUT2D eigenvalue weighted by atomic mass is 35.5. The largest absolute Gasteiger partial charge is 0.507 e. The van der Waals surface area contributed by atoms with Crippen LogP contribution in [0.5, 0.6) is 5.75 Å². The third-order valence-electron chi connectivity index (χ3n) is 4.23. The molecule has 0 aliphatic rings. The fourth-order valence-corrected chi connectivity index (χ4v) is 4.36. The summed E-state index contributed by atoms with van der Waals surface area (Å²) < 4.78 is 27.6. The van der Waals surface area contributed by atoms with Gasteiger partial charge in [-0.25, -0.2) is 8.42 Å². The molecule has 0 amide bonds. The van der Waals surface area contributed by atoms with Crippen LogP contribution in [0.3, 0.4) is 0 Å². The average molecular weight is 413 g/mol. The van der Waals surface area contributed by atoms with E-state index >= 15 is 0 Å². The van der Waals surface area contributed by atoms with E-state index in [2.05, 4.69) is 10.8 Å².